The number of hydrogen-bond acceptors (Lipinski definition) is 3. The Kier molecular flexibility index (Phi) is 2.07. The average Bonchev–Trinajstić information content (AvgIpc) is 2.81. The van der Waals surface area contributed by atoms with Crippen LogP contribution in [0.2, 0.25) is 0 Å². The van der Waals surface area contributed by atoms with Gasteiger partial charge in [-0.2, -0.15) is 5.26 Å². The third kappa shape index (κ3) is 1.21. The van der Waals surface area contributed by atoms with Gasteiger partial charge in [-0.25, -0.2) is 23.5 Å². The van der Waals surface area contributed by atoms with E-state index in [4.69, 9.17) is 0 Å². The number of para-hydroxylation sites is 1. The van der Waals surface area contributed by atoms with E-state index in [1.807, 2.05) is 24.3 Å². The Bertz CT molecular complexity index is 1050. The maximum absolute atomic E-state index is 13.0. The summed E-state index contributed by atoms with van der Waals surface area (Å²) in [6, 6.07) is 10.9. The standard InChI is InChI=1S/C17H12N4O2/c18-10-17-9-8-14(12-6-7-13(12)17)20-15(22)19(16(23)21(17)20)11-4-2-1-3-5-11/h1-9,12-14H. The summed E-state index contributed by atoms with van der Waals surface area (Å²) >= 11 is 0. The predicted molar refractivity (Wildman–Crippen MR) is 82.2 cm³/mol. The van der Waals surface area contributed by atoms with Crippen molar-refractivity contribution in [1.82, 2.24) is 13.9 Å². The first-order chi connectivity index (χ1) is 11.2. The molecule has 4 atom stereocenters. The smallest absolute Gasteiger partial charge is 0.245 e. The third-order valence-electron chi connectivity index (χ3n) is 5.21. The van der Waals surface area contributed by atoms with Crippen molar-refractivity contribution >= 4 is 0 Å². The molecule has 4 unspecified atom stereocenters. The van der Waals surface area contributed by atoms with Crippen molar-refractivity contribution in [3.05, 3.63) is 75.6 Å². The van der Waals surface area contributed by atoms with Gasteiger partial charge in [-0.15, -0.1) is 0 Å². The molecule has 0 saturated carbocycles. The zero-order chi connectivity index (χ0) is 15.8. The number of nitrogens with zero attached hydrogens (tertiary/aromatic N) is 4. The Morgan fingerprint density at radius 2 is 1.83 bits per heavy atom. The molecular weight excluding hydrogens is 292 g/mol. The summed E-state index contributed by atoms with van der Waals surface area (Å²) < 4.78 is 3.94. The molecule has 6 rings (SSSR count). The van der Waals surface area contributed by atoms with Crippen LogP contribution in [0.3, 0.4) is 0 Å². The average molecular weight is 304 g/mol. The van der Waals surface area contributed by atoms with Crippen LogP contribution < -0.4 is 11.4 Å². The second-order valence-electron chi connectivity index (χ2n) is 6.17. The van der Waals surface area contributed by atoms with E-state index in [9.17, 15) is 14.9 Å². The molecule has 4 aliphatic rings. The molecule has 6 nitrogen and oxygen atoms in total. The Morgan fingerprint density at radius 1 is 1.04 bits per heavy atom. The summed E-state index contributed by atoms with van der Waals surface area (Å²) in [6.07, 6.45) is 7.64. The Hall–Kier alpha value is -3.07. The van der Waals surface area contributed by atoms with Crippen molar-refractivity contribution in [1.29, 1.82) is 5.26 Å². The van der Waals surface area contributed by atoms with E-state index in [0.29, 0.717) is 5.69 Å². The fourth-order valence-electron chi connectivity index (χ4n) is 4.07. The van der Waals surface area contributed by atoms with Gasteiger partial charge in [0.05, 0.1) is 17.8 Å². The SMILES string of the molecule is N#CC12C=CC(C3C=CC31)n1c(=O)n(-c3ccccc3)c(=O)n12. The first-order valence-corrected chi connectivity index (χ1v) is 7.50. The van der Waals surface area contributed by atoms with Gasteiger partial charge >= 0.3 is 11.4 Å². The lowest BCUT2D eigenvalue weighted by Gasteiger charge is -2.51. The largest absolute Gasteiger partial charge is 0.353 e. The predicted octanol–water partition coefficient (Wildman–Crippen LogP) is 0.946. The number of rotatable bonds is 1. The van der Waals surface area contributed by atoms with Crippen molar-refractivity contribution < 1.29 is 0 Å². The van der Waals surface area contributed by atoms with Crippen LogP contribution in [-0.2, 0) is 5.54 Å². The minimum atomic E-state index is -1.11. The minimum Gasteiger partial charge on any atom is -0.245 e. The Labute approximate surface area is 130 Å². The molecule has 1 aromatic heterocycles. The molecule has 0 fully saturated rings. The molecule has 2 aliphatic carbocycles. The molecule has 112 valence electrons. The molecule has 0 saturated heterocycles. The number of nitriles is 1. The molecule has 0 amide bonds. The van der Waals surface area contributed by atoms with Crippen LogP contribution in [0.4, 0.5) is 0 Å². The molecule has 3 heterocycles. The maximum Gasteiger partial charge on any atom is 0.353 e. The molecule has 0 spiro atoms. The van der Waals surface area contributed by atoms with Crippen LogP contribution in [-0.4, -0.2) is 13.9 Å². The highest BCUT2D eigenvalue weighted by atomic mass is 16.2. The Balaban J connectivity index is 1.89. The lowest BCUT2D eigenvalue weighted by atomic mass is 9.62. The Morgan fingerprint density at radius 3 is 2.48 bits per heavy atom. The summed E-state index contributed by atoms with van der Waals surface area (Å²) in [4.78, 5) is 25.9. The van der Waals surface area contributed by atoms with Crippen LogP contribution in [0, 0.1) is 23.2 Å². The molecule has 2 aliphatic heterocycles. The van der Waals surface area contributed by atoms with E-state index in [1.54, 1.807) is 30.3 Å². The zero-order valence-corrected chi connectivity index (χ0v) is 12.0. The van der Waals surface area contributed by atoms with Gasteiger partial charge in [0.1, 0.15) is 0 Å². The molecular formula is C17H12N4O2. The van der Waals surface area contributed by atoms with Crippen LogP contribution in [0.25, 0.3) is 5.69 Å². The van der Waals surface area contributed by atoms with E-state index in [2.05, 4.69) is 6.07 Å². The quantitative estimate of drug-likeness (QED) is 0.736. The van der Waals surface area contributed by atoms with E-state index in [1.165, 1.54) is 9.36 Å². The molecule has 6 heteroatoms. The monoisotopic (exact) mass is 304 g/mol. The van der Waals surface area contributed by atoms with Crippen molar-refractivity contribution in [3.63, 3.8) is 0 Å². The molecule has 1 aromatic carbocycles. The van der Waals surface area contributed by atoms with Crippen molar-refractivity contribution in [2.24, 2.45) is 11.8 Å². The molecule has 0 N–H and O–H groups in total. The number of allylic oxidation sites excluding steroid dienone is 4. The van der Waals surface area contributed by atoms with Crippen LogP contribution in [0.15, 0.2) is 64.2 Å². The summed E-state index contributed by atoms with van der Waals surface area (Å²) in [5, 5.41) is 9.81. The molecule has 2 bridgehead atoms. The minimum absolute atomic E-state index is 0.0498. The van der Waals surface area contributed by atoms with Gasteiger partial charge in [-0.05, 0) is 18.2 Å². The summed E-state index contributed by atoms with van der Waals surface area (Å²) in [6.45, 7) is 0. The molecule has 2 aromatic rings. The molecule has 0 radical (unpaired) electrons. The number of aromatic nitrogens is 3. The lowest BCUT2D eigenvalue weighted by molar-refractivity contribution is 0.0921. The molecule has 23 heavy (non-hydrogen) atoms. The third-order valence-corrected chi connectivity index (χ3v) is 5.21. The van der Waals surface area contributed by atoms with Gasteiger partial charge in [0.2, 0.25) is 0 Å². The number of benzene rings is 1. The second kappa shape index (κ2) is 3.82. The van der Waals surface area contributed by atoms with Crippen molar-refractivity contribution in [3.8, 4) is 11.8 Å². The fraction of sp³-hybridized carbons (Fsp3) is 0.235. The van der Waals surface area contributed by atoms with Gasteiger partial charge in [-0.1, -0.05) is 36.4 Å². The summed E-state index contributed by atoms with van der Waals surface area (Å²) in [5.74, 6) is 0.0506. The van der Waals surface area contributed by atoms with Crippen molar-refractivity contribution in [2.45, 2.75) is 11.6 Å². The topological polar surface area (TPSA) is 72.7 Å². The fourth-order valence-corrected chi connectivity index (χ4v) is 4.07. The van der Waals surface area contributed by atoms with Crippen molar-refractivity contribution in [2.75, 3.05) is 0 Å². The highest BCUT2D eigenvalue weighted by Crippen LogP contribution is 2.52. The van der Waals surface area contributed by atoms with E-state index >= 15 is 0 Å². The first kappa shape index (κ1) is 12.5. The van der Waals surface area contributed by atoms with Crippen LogP contribution in [0.5, 0.6) is 0 Å². The van der Waals surface area contributed by atoms with Crippen LogP contribution >= 0.6 is 0 Å². The summed E-state index contributed by atoms with van der Waals surface area (Å²) in [5.41, 5.74) is -1.45. The van der Waals surface area contributed by atoms with Gasteiger partial charge in [0.15, 0.2) is 5.54 Å². The normalized spacial score (nSPS) is 32.0. The zero-order valence-electron chi connectivity index (χ0n) is 12.0. The van der Waals surface area contributed by atoms with Gasteiger partial charge < -0.3 is 0 Å². The summed E-state index contributed by atoms with van der Waals surface area (Å²) in [7, 11) is 0. The second-order valence-corrected chi connectivity index (χ2v) is 6.17. The van der Waals surface area contributed by atoms with E-state index in [-0.39, 0.29) is 17.9 Å². The van der Waals surface area contributed by atoms with Gasteiger partial charge in [-0.3, -0.25) is 0 Å². The highest BCUT2D eigenvalue weighted by molar-refractivity contribution is 5.39. The van der Waals surface area contributed by atoms with E-state index in [0.717, 1.165) is 4.57 Å². The maximum atomic E-state index is 13.0. The van der Waals surface area contributed by atoms with E-state index < -0.39 is 16.9 Å². The highest BCUT2D eigenvalue weighted by Gasteiger charge is 2.57. The van der Waals surface area contributed by atoms with Crippen LogP contribution in [0.1, 0.15) is 6.04 Å². The van der Waals surface area contributed by atoms with Gasteiger partial charge in [0, 0.05) is 11.8 Å². The lowest BCUT2D eigenvalue weighted by Crippen LogP contribution is -2.60. The van der Waals surface area contributed by atoms with Gasteiger partial charge in [0.25, 0.3) is 0 Å². The number of hydrogen-bond donors (Lipinski definition) is 0. The first-order valence-electron chi connectivity index (χ1n) is 7.50.